The van der Waals surface area contributed by atoms with Crippen LogP contribution in [0.15, 0.2) is 23.4 Å². The van der Waals surface area contributed by atoms with E-state index in [0.717, 1.165) is 0 Å². The van der Waals surface area contributed by atoms with Gasteiger partial charge in [-0.15, -0.1) is 0 Å². The zero-order chi connectivity index (χ0) is 16.6. The van der Waals surface area contributed by atoms with Crippen LogP contribution < -0.4 is 5.56 Å². The Bertz CT molecular complexity index is 805. The summed E-state index contributed by atoms with van der Waals surface area (Å²) in [7, 11) is 0. The Morgan fingerprint density at radius 3 is 3.09 bits per heavy atom. The van der Waals surface area contributed by atoms with Crippen LogP contribution in [0, 0.1) is 0 Å². The quantitative estimate of drug-likeness (QED) is 0.694. The van der Waals surface area contributed by atoms with Crippen LogP contribution in [-0.2, 0) is 21.1 Å². The fourth-order valence-electron chi connectivity index (χ4n) is 2.57. The van der Waals surface area contributed by atoms with Gasteiger partial charge in [0, 0.05) is 6.20 Å². The van der Waals surface area contributed by atoms with E-state index in [1.54, 1.807) is 10.6 Å². The molecule has 0 amide bonds. The molecule has 0 aliphatic carbocycles. The number of imidazole rings is 1. The van der Waals surface area contributed by atoms with Gasteiger partial charge in [0.05, 0.1) is 18.5 Å². The molecule has 8 nitrogen and oxygen atoms in total. The maximum Gasteiger partial charge on any atom is 0.321 e. The molecule has 3 rings (SSSR count). The minimum absolute atomic E-state index is 0.210. The van der Waals surface area contributed by atoms with Crippen molar-refractivity contribution in [3.8, 4) is 0 Å². The van der Waals surface area contributed by atoms with Crippen LogP contribution in [0.1, 0.15) is 19.1 Å². The fourth-order valence-corrected chi connectivity index (χ4v) is 3.09. The molecule has 0 aromatic carbocycles. The van der Waals surface area contributed by atoms with Crippen molar-refractivity contribution in [3.05, 3.63) is 28.9 Å². The average molecular weight is 363 g/mol. The van der Waals surface area contributed by atoms with Crippen molar-refractivity contribution >= 4 is 29.6 Å². The number of aromatic amines is 1. The number of H-pyrrole nitrogens is 1. The summed E-state index contributed by atoms with van der Waals surface area (Å²) in [5.41, 5.74) is 0.527. The molecule has 0 bridgehead atoms. The monoisotopic (exact) mass is 363 g/mol. The van der Waals surface area contributed by atoms with Crippen LogP contribution in [0.3, 0.4) is 0 Å². The zero-order valence-electron chi connectivity index (χ0n) is 11.8. The van der Waals surface area contributed by atoms with Gasteiger partial charge in [-0.2, -0.15) is 0 Å². The first kappa shape index (κ1) is 16.7. The van der Waals surface area contributed by atoms with Gasteiger partial charge in [-0.05, 0) is 30.7 Å². The highest BCUT2D eigenvalue weighted by Gasteiger charge is 2.34. The van der Waals surface area contributed by atoms with Gasteiger partial charge in [-0.3, -0.25) is 4.79 Å². The molecule has 0 unspecified atom stereocenters. The molecule has 1 aliphatic rings. The molecule has 0 saturated carbocycles. The van der Waals surface area contributed by atoms with Gasteiger partial charge in [0.1, 0.15) is 18.5 Å². The van der Waals surface area contributed by atoms with Crippen molar-refractivity contribution in [2.45, 2.75) is 31.3 Å². The first-order chi connectivity index (χ1) is 10.8. The van der Waals surface area contributed by atoms with Crippen LogP contribution in [0.2, 0.25) is 0 Å². The summed E-state index contributed by atoms with van der Waals surface area (Å²) in [5.74, 6) is 0. The summed E-state index contributed by atoms with van der Waals surface area (Å²) in [6.07, 6.45) is 0.753. The minimum Gasteiger partial charge on any atom is -0.349 e. The average Bonchev–Trinajstić information content (AvgIpc) is 2.91. The number of alkyl halides is 1. The van der Waals surface area contributed by atoms with Gasteiger partial charge in [0.2, 0.25) is 0 Å². The van der Waals surface area contributed by atoms with Crippen molar-refractivity contribution in [1.82, 2.24) is 14.5 Å². The van der Waals surface area contributed by atoms with Crippen molar-refractivity contribution in [1.29, 1.82) is 0 Å². The maximum absolute atomic E-state index is 13.9. The largest absolute Gasteiger partial charge is 0.349 e. The molecule has 0 spiro atoms. The maximum atomic E-state index is 13.9. The van der Waals surface area contributed by atoms with Crippen molar-refractivity contribution < 1.29 is 23.4 Å². The summed E-state index contributed by atoms with van der Waals surface area (Å²) < 4.78 is 25.9. The lowest BCUT2D eigenvalue weighted by Crippen LogP contribution is -2.37. The SMILES string of the molecule is O=c1[nH]ccc2c1ncn2[C@H]1CC[C@@H](F)[C@@H](COP(O)(O)=S)O1. The third-order valence-electron chi connectivity index (χ3n) is 3.64. The summed E-state index contributed by atoms with van der Waals surface area (Å²) in [4.78, 5) is 36.4. The Hall–Kier alpha value is -1.16. The number of nitrogens with zero attached hydrogens (tertiary/aromatic N) is 2. The standard InChI is InChI=1S/C12H15FN3O5PS/c13-7-1-2-10(21-9(7)5-20-22(18,19)23)16-6-15-11-8(16)3-4-14-12(11)17/h3-4,6-7,9-10H,1-2,5H2,(H,14,17)(H2,18,19,23)/t7-,9-,10-/m1/s1. The third-order valence-corrected chi connectivity index (χ3v) is 4.45. The molecule has 3 heterocycles. The number of nitrogens with one attached hydrogen (secondary N) is 1. The number of ether oxygens (including phenoxy) is 1. The topological polar surface area (TPSA) is 110 Å². The first-order valence-electron chi connectivity index (χ1n) is 6.89. The van der Waals surface area contributed by atoms with Gasteiger partial charge in [0.25, 0.3) is 5.56 Å². The fraction of sp³-hybridized carbons (Fsp3) is 0.500. The van der Waals surface area contributed by atoms with Gasteiger partial charge in [0.15, 0.2) is 5.52 Å². The van der Waals surface area contributed by atoms with Crippen LogP contribution in [0.5, 0.6) is 0 Å². The van der Waals surface area contributed by atoms with E-state index in [9.17, 15) is 9.18 Å². The molecule has 3 atom stereocenters. The van der Waals surface area contributed by atoms with Gasteiger partial charge < -0.3 is 28.6 Å². The second kappa shape index (κ2) is 6.39. The number of halogens is 1. The molecule has 2 aromatic heterocycles. The molecule has 3 N–H and O–H groups in total. The second-order valence-electron chi connectivity index (χ2n) is 5.20. The minimum atomic E-state index is -3.86. The summed E-state index contributed by atoms with van der Waals surface area (Å²) in [6, 6.07) is 1.68. The molecule has 23 heavy (non-hydrogen) atoms. The predicted molar refractivity (Wildman–Crippen MR) is 83.1 cm³/mol. The number of pyridine rings is 1. The molecule has 0 radical (unpaired) electrons. The van der Waals surface area contributed by atoms with Gasteiger partial charge in [-0.25, -0.2) is 9.37 Å². The molecule has 11 heteroatoms. The lowest BCUT2D eigenvalue weighted by Gasteiger charge is -2.33. The number of fused-ring (bicyclic) bond motifs is 1. The lowest BCUT2D eigenvalue weighted by molar-refractivity contribution is -0.136. The van der Waals surface area contributed by atoms with Crippen molar-refractivity contribution in [3.63, 3.8) is 0 Å². The van der Waals surface area contributed by atoms with E-state index in [0.29, 0.717) is 11.9 Å². The molecule has 2 aromatic rings. The normalized spacial score (nSPS) is 25.8. The Balaban J connectivity index is 1.81. The van der Waals surface area contributed by atoms with Gasteiger partial charge >= 0.3 is 6.72 Å². The Labute approximate surface area is 135 Å². The van der Waals surface area contributed by atoms with E-state index < -0.39 is 25.2 Å². The van der Waals surface area contributed by atoms with E-state index in [1.165, 1.54) is 12.5 Å². The number of aromatic nitrogens is 3. The van der Waals surface area contributed by atoms with E-state index >= 15 is 0 Å². The van der Waals surface area contributed by atoms with E-state index in [-0.39, 0.29) is 24.1 Å². The highest BCUT2D eigenvalue weighted by Crippen LogP contribution is 2.38. The molecular formula is C12H15FN3O5PS. The second-order valence-corrected chi connectivity index (χ2v) is 7.87. The zero-order valence-corrected chi connectivity index (χ0v) is 13.5. The van der Waals surface area contributed by atoms with E-state index in [1.807, 2.05) is 0 Å². The number of rotatable bonds is 4. The Morgan fingerprint density at radius 2 is 2.35 bits per heavy atom. The molecule has 1 aliphatic heterocycles. The molecule has 126 valence electrons. The van der Waals surface area contributed by atoms with Crippen LogP contribution in [0.4, 0.5) is 4.39 Å². The summed E-state index contributed by atoms with van der Waals surface area (Å²) >= 11 is 4.35. The van der Waals surface area contributed by atoms with Crippen molar-refractivity contribution in [2.24, 2.45) is 0 Å². The van der Waals surface area contributed by atoms with Crippen LogP contribution in [-0.4, -0.2) is 43.2 Å². The lowest BCUT2D eigenvalue weighted by atomic mass is 10.1. The van der Waals surface area contributed by atoms with Crippen LogP contribution in [0.25, 0.3) is 11.0 Å². The van der Waals surface area contributed by atoms with E-state index in [2.05, 4.69) is 21.8 Å². The Kier molecular flexibility index (Phi) is 4.63. The first-order valence-corrected chi connectivity index (χ1v) is 9.51. The highest BCUT2D eigenvalue weighted by atomic mass is 32.5. The molecule has 1 saturated heterocycles. The van der Waals surface area contributed by atoms with Crippen molar-refractivity contribution in [2.75, 3.05) is 6.61 Å². The van der Waals surface area contributed by atoms with E-state index in [4.69, 9.17) is 19.0 Å². The highest BCUT2D eigenvalue weighted by molar-refractivity contribution is 8.06. The summed E-state index contributed by atoms with van der Waals surface area (Å²) in [5, 5.41) is 0. The molecular weight excluding hydrogens is 348 g/mol. The predicted octanol–water partition coefficient (Wildman–Crippen LogP) is 0.966. The number of hydrogen-bond acceptors (Lipinski definition) is 5. The smallest absolute Gasteiger partial charge is 0.321 e. The number of hydrogen-bond donors (Lipinski definition) is 3. The molecule has 1 fully saturated rings. The third kappa shape index (κ3) is 3.68. The van der Waals surface area contributed by atoms with Gasteiger partial charge in [-0.1, -0.05) is 0 Å². The summed E-state index contributed by atoms with van der Waals surface area (Å²) in [6.45, 7) is -4.21. The van der Waals surface area contributed by atoms with Crippen LogP contribution >= 0.6 is 6.72 Å². The Morgan fingerprint density at radius 1 is 1.57 bits per heavy atom.